The number of anilines is 1. The highest BCUT2D eigenvalue weighted by Crippen LogP contribution is 2.29. The Labute approximate surface area is 116 Å². The first-order valence-electron chi connectivity index (χ1n) is 6.29. The van der Waals surface area contributed by atoms with Crippen molar-refractivity contribution in [1.82, 2.24) is 9.55 Å². The zero-order chi connectivity index (χ0) is 14.3. The van der Waals surface area contributed by atoms with Crippen LogP contribution in [0.3, 0.4) is 0 Å². The van der Waals surface area contributed by atoms with Gasteiger partial charge in [-0.1, -0.05) is 18.2 Å². The lowest BCUT2D eigenvalue weighted by Crippen LogP contribution is -2.39. The molecule has 1 aromatic heterocycles. The average molecular weight is 269 g/mol. The molecule has 1 aromatic carbocycles. The summed E-state index contributed by atoms with van der Waals surface area (Å²) >= 11 is 0. The quantitative estimate of drug-likeness (QED) is 0.862. The predicted octanol–water partition coefficient (Wildman–Crippen LogP) is 1.31. The number of aliphatic imine (C=N–C) groups is 1. The maximum atomic E-state index is 11.6. The SMILES string of the molecule is CC1(C)N=C(C(N)=O)c2ncn(-c3ccccc3)c2N1. The summed E-state index contributed by atoms with van der Waals surface area (Å²) in [6.45, 7) is 3.75. The van der Waals surface area contributed by atoms with E-state index in [1.165, 1.54) is 0 Å². The van der Waals surface area contributed by atoms with Gasteiger partial charge < -0.3 is 11.1 Å². The van der Waals surface area contributed by atoms with E-state index in [-0.39, 0.29) is 5.71 Å². The van der Waals surface area contributed by atoms with Crippen LogP contribution < -0.4 is 11.1 Å². The van der Waals surface area contributed by atoms with E-state index < -0.39 is 11.6 Å². The second kappa shape index (κ2) is 4.19. The number of carbonyl (C=O) groups is 1. The van der Waals surface area contributed by atoms with E-state index in [1.54, 1.807) is 6.33 Å². The molecule has 0 saturated carbocycles. The van der Waals surface area contributed by atoms with Gasteiger partial charge in [-0.15, -0.1) is 0 Å². The molecule has 0 bridgehead atoms. The lowest BCUT2D eigenvalue weighted by Gasteiger charge is -2.29. The van der Waals surface area contributed by atoms with Crippen molar-refractivity contribution in [3.8, 4) is 5.69 Å². The fourth-order valence-corrected chi connectivity index (χ4v) is 2.25. The van der Waals surface area contributed by atoms with Gasteiger partial charge in [0.2, 0.25) is 0 Å². The van der Waals surface area contributed by atoms with Crippen LogP contribution in [0, 0.1) is 0 Å². The Morgan fingerprint density at radius 2 is 2.00 bits per heavy atom. The van der Waals surface area contributed by atoms with Crippen LogP contribution in [0.15, 0.2) is 41.7 Å². The minimum atomic E-state index is -0.607. The summed E-state index contributed by atoms with van der Waals surface area (Å²) in [5, 5.41) is 3.27. The van der Waals surface area contributed by atoms with Crippen molar-refractivity contribution in [2.24, 2.45) is 10.7 Å². The second-order valence-electron chi connectivity index (χ2n) is 5.16. The monoisotopic (exact) mass is 269 g/mol. The second-order valence-corrected chi connectivity index (χ2v) is 5.16. The van der Waals surface area contributed by atoms with Gasteiger partial charge in [0, 0.05) is 5.69 Å². The molecule has 0 unspecified atom stereocenters. The van der Waals surface area contributed by atoms with Gasteiger partial charge in [-0.05, 0) is 26.0 Å². The van der Waals surface area contributed by atoms with Crippen LogP contribution in [0.1, 0.15) is 19.5 Å². The molecule has 2 heterocycles. The minimum absolute atomic E-state index is 0.207. The third-order valence-corrected chi connectivity index (χ3v) is 3.08. The number of rotatable bonds is 2. The van der Waals surface area contributed by atoms with E-state index >= 15 is 0 Å². The molecule has 0 fully saturated rings. The van der Waals surface area contributed by atoms with Crippen molar-refractivity contribution in [3.05, 3.63) is 42.4 Å². The fraction of sp³-hybridized carbons (Fsp3) is 0.214. The fourth-order valence-electron chi connectivity index (χ4n) is 2.25. The van der Waals surface area contributed by atoms with Gasteiger partial charge in [0.25, 0.3) is 5.91 Å². The number of nitrogens with zero attached hydrogens (tertiary/aromatic N) is 3. The number of primary amides is 1. The van der Waals surface area contributed by atoms with Crippen molar-refractivity contribution in [2.45, 2.75) is 19.5 Å². The molecule has 1 amide bonds. The highest BCUT2D eigenvalue weighted by Gasteiger charge is 2.32. The average Bonchev–Trinajstić information content (AvgIpc) is 2.80. The molecule has 3 rings (SSSR count). The molecule has 20 heavy (non-hydrogen) atoms. The minimum Gasteiger partial charge on any atom is -0.364 e. The number of aromatic nitrogens is 2. The van der Waals surface area contributed by atoms with Crippen molar-refractivity contribution in [2.75, 3.05) is 5.32 Å². The van der Waals surface area contributed by atoms with Gasteiger partial charge in [0.15, 0.2) is 5.71 Å². The Kier molecular flexibility index (Phi) is 2.60. The Bertz CT molecular complexity index is 700. The molecule has 0 saturated heterocycles. The van der Waals surface area contributed by atoms with Crippen LogP contribution in [0.5, 0.6) is 0 Å². The van der Waals surface area contributed by atoms with Gasteiger partial charge in [0.1, 0.15) is 23.5 Å². The molecule has 3 N–H and O–H groups in total. The summed E-state index contributed by atoms with van der Waals surface area (Å²) in [5.74, 6) is 0.157. The lowest BCUT2D eigenvalue weighted by molar-refractivity contribution is -0.112. The number of carbonyl (C=O) groups excluding carboxylic acids is 1. The van der Waals surface area contributed by atoms with Crippen LogP contribution in [-0.2, 0) is 4.79 Å². The maximum Gasteiger partial charge on any atom is 0.269 e. The molecule has 0 spiro atoms. The van der Waals surface area contributed by atoms with Crippen LogP contribution in [0.25, 0.3) is 5.69 Å². The molecule has 2 aromatic rings. The van der Waals surface area contributed by atoms with Crippen molar-refractivity contribution in [1.29, 1.82) is 0 Å². The Morgan fingerprint density at radius 1 is 1.30 bits per heavy atom. The van der Waals surface area contributed by atoms with Gasteiger partial charge in [0.05, 0.1) is 0 Å². The van der Waals surface area contributed by atoms with Crippen molar-refractivity contribution < 1.29 is 4.79 Å². The van der Waals surface area contributed by atoms with Crippen LogP contribution in [0.2, 0.25) is 0 Å². The number of nitrogens with one attached hydrogen (secondary N) is 1. The van der Waals surface area contributed by atoms with E-state index in [9.17, 15) is 4.79 Å². The number of hydrogen-bond donors (Lipinski definition) is 2. The Hall–Kier alpha value is -2.63. The molecular formula is C14H15N5O. The topological polar surface area (TPSA) is 85.3 Å². The smallest absolute Gasteiger partial charge is 0.269 e. The first kappa shape index (κ1) is 12.4. The number of amides is 1. The molecule has 102 valence electrons. The van der Waals surface area contributed by atoms with Crippen LogP contribution in [0.4, 0.5) is 5.82 Å². The molecule has 0 radical (unpaired) electrons. The molecule has 6 nitrogen and oxygen atoms in total. The number of fused-ring (bicyclic) bond motifs is 1. The third kappa shape index (κ3) is 1.95. The normalized spacial score (nSPS) is 16.0. The van der Waals surface area contributed by atoms with Crippen molar-refractivity contribution in [3.63, 3.8) is 0 Å². The van der Waals surface area contributed by atoms with E-state index in [1.807, 2.05) is 48.7 Å². The van der Waals surface area contributed by atoms with E-state index in [2.05, 4.69) is 15.3 Å². The number of hydrogen-bond acceptors (Lipinski definition) is 4. The third-order valence-electron chi connectivity index (χ3n) is 3.08. The molecule has 1 aliphatic rings. The van der Waals surface area contributed by atoms with E-state index in [4.69, 9.17) is 5.73 Å². The number of benzene rings is 1. The predicted molar refractivity (Wildman–Crippen MR) is 77.0 cm³/mol. The summed E-state index contributed by atoms with van der Waals surface area (Å²) in [5.41, 5.74) is 6.44. The summed E-state index contributed by atoms with van der Waals surface area (Å²) in [7, 11) is 0. The van der Waals surface area contributed by atoms with Gasteiger partial charge >= 0.3 is 0 Å². The van der Waals surface area contributed by atoms with Crippen molar-refractivity contribution >= 4 is 17.4 Å². The number of nitrogens with two attached hydrogens (primary N) is 1. The van der Waals surface area contributed by atoms with Gasteiger partial charge in [-0.3, -0.25) is 9.36 Å². The Balaban J connectivity index is 2.18. The molecule has 0 aliphatic carbocycles. The first-order chi connectivity index (χ1) is 9.48. The number of imidazole rings is 1. The highest BCUT2D eigenvalue weighted by molar-refractivity contribution is 6.45. The summed E-state index contributed by atoms with van der Waals surface area (Å²) in [4.78, 5) is 20.2. The molecule has 6 heteroatoms. The van der Waals surface area contributed by atoms with Gasteiger partial charge in [-0.2, -0.15) is 0 Å². The first-order valence-corrected chi connectivity index (χ1v) is 6.29. The highest BCUT2D eigenvalue weighted by atomic mass is 16.1. The zero-order valence-corrected chi connectivity index (χ0v) is 11.3. The molecular weight excluding hydrogens is 254 g/mol. The lowest BCUT2D eigenvalue weighted by atomic mass is 10.1. The van der Waals surface area contributed by atoms with E-state index in [0.29, 0.717) is 5.69 Å². The number of para-hydroxylation sites is 1. The summed E-state index contributed by atoms with van der Waals surface area (Å²) < 4.78 is 1.88. The van der Waals surface area contributed by atoms with E-state index in [0.717, 1.165) is 11.5 Å². The van der Waals surface area contributed by atoms with Gasteiger partial charge in [-0.25, -0.2) is 9.98 Å². The Morgan fingerprint density at radius 3 is 2.65 bits per heavy atom. The van der Waals surface area contributed by atoms with Crippen LogP contribution >= 0.6 is 0 Å². The maximum absolute atomic E-state index is 11.6. The standard InChI is InChI=1S/C14H15N5O/c1-14(2)17-10(12(15)20)11-13(18-14)19(8-16-11)9-6-4-3-5-7-9/h3-8,18H,1-2H3,(H2,15,20). The summed E-state index contributed by atoms with van der Waals surface area (Å²) in [6, 6.07) is 9.76. The zero-order valence-electron chi connectivity index (χ0n) is 11.3. The molecule has 1 aliphatic heterocycles. The summed E-state index contributed by atoms with van der Waals surface area (Å²) in [6.07, 6.45) is 1.66. The largest absolute Gasteiger partial charge is 0.364 e. The molecule has 0 atom stereocenters. The van der Waals surface area contributed by atoms with Crippen LogP contribution in [-0.4, -0.2) is 26.8 Å².